The lowest BCUT2D eigenvalue weighted by molar-refractivity contribution is 0.0952. The van der Waals surface area contributed by atoms with Crippen LogP contribution in [-0.4, -0.2) is 25.6 Å². The second-order valence-electron chi connectivity index (χ2n) is 5.83. The minimum atomic E-state index is -0.291. The third kappa shape index (κ3) is 3.00. The zero-order valence-electron chi connectivity index (χ0n) is 13.8. The molecule has 0 aliphatic carbocycles. The summed E-state index contributed by atoms with van der Waals surface area (Å²) in [4.78, 5) is 17.1. The van der Waals surface area contributed by atoms with Gasteiger partial charge in [0, 0.05) is 18.2 Å². The van der Waals surface area contributed by atoms with Gasteiger partial charge < -0.3 is 10.4 Å². The Morgan fingerprint density at radius 2 is 1.73 bits per heavy atom. The van der Waals surface area contributed by atoms with Gasteiger partial charge in [0.1, 0.15) is 5.56 Å². The Labute approximate surface area is 149 Å². The second-order valence-corrected chi connectivity index (χ2v) is 5.83. The van der Waals surface area contributed by atoms with E-state index in [1.165, 1.54) is 16.8 Å². The molecule has 6 heteroatoms. The lowest BCUT2D eigenvalue weighted by atomic mass is 10.1. The van der Waals surface area contributed by atoms with Crippen molar-refractivity contribution in [1.82, 2.24) is 19.9 Å². The summed E-state index contributed by atoms with van der Waals surface area (Å²) in [5, 5.41) is 17.2. The summed E-state index contributed by atoms with van der Waals surface area (Å²) >= 11 is 0. The van der Waals surface area contributed by atoms with E-state index >= 15 is 0 Å². The van der Waals surface area contributed by atoms with Crippen LogP contribution in [0, 0.1) is 0 Å². The number of rotatable bonds is 4. The maximum absolute atomic E-state index is 12.6. The molecule has 0 atom stereocenters. The summed E-state index contributed by atoms with van der Waals surface area (Å²) in [6, 6.07) is 20.6. The van der Waals surface area contributed by atoms with E-state index in [-0.39, 0.29) is 11.8 Å². The normalized spacial score (nSPS) is 10.8. The van der Waals surface area contributed by atoms with Crippen LogP contribution in [0.25, 0.3) is 16.9 Å². The van der Waals surface area contributed by atoms with Gasteiger partial charge in [0.15, 0.2) is 5.65 Å². The predicted octanol–water partition coefficient (Wildman–Crippen LogP) is 3.03. The molecule has 6 nitrogen and oxygen atoms in total. The van der Waals surface area contributed by atoms with Gasteiger partial charge in [0.05, 0.1) is 11.9 Å². The van der Waals surface area contributed by atoms with Crippen LogP contribution in [0.3, 0.4) is 0 Å². The van der Waals surface area contributed by atoms with Crippen LogP contribution in [0.15, 0.2) is 72.9 Å². The number of nitrogens with zero attached hydrogens (tertiary/aromatic N) is 3. The molecule has 2 aromatic heterocycles. The van der Waals surface area contributed by atoms with Crippen molar-refractivity contribution in [1.29, 1.82) is 0 Å². The van der Waals surface area contributed by atoms with Crippen LogP contribution >= 0.6 is 0 Å². The Balaban J connectivity index is 1.67. The molecule has 0 aliphatic rings. The molecule has 0 saturated heterocycles. The highest BCUT2D eigenvalue weighted by atomic mass is 16.3. The highest BCUT2D eigenvalue weighted by molar-refractivity contribution is 5.99. The second kappa shape index (κ2) is 6.68. The topological polar surface area (TPSA) is 79.5 Å². The Hall–Kier alpha value is -3.67. The molecule has 0 unspecified atom stereocenters. The summed E-state index contributed by atoms with van der Waals surface area (Å²) < 4.78 is 1.25. The molecule has 2 heterocycles. The standard InChI is InChI=1S/C20H16N4O2/c25-18-11-17(15-9-5-2-6-10-15)23-19-16(13-22-24(18)19)20(26)21-12-14-7-3-1-4-8-14/h1-11,13,25H,12H2,(H,21,26). The molecule has 0 aliphatic heterocycles. The lowest BCUT2D eigenvalue weighted by Crippen LogP contribution is -2.22. The molecule has 0 saturated carbocycles. The number of hydrogen-bond donors (Lipinski definition) is 2. The molecule has 0 fully saturated rings. The Morgan fingerprint density at radius 1 is 1.04 bits per heavy atom. The average molecular weight is 344 g/mol. The fraction of sp³-hybridized carbons (Fsp3) is 0.0500. The van der Waals surface area contributed by atoms with Crippen molar-refractivity contribution in [3.8, 4) is 17.1 Å². The maximum Gasteiger partial charge on any atom is 0.257 e. The predicted molar refractivity (Wildman–Crippen MR) is 97.7 cm³/mol. The third-order valence-electron chi connectivity index (χ3n) is 4.06. The van der Waals surface area contributed by atoms with Gasteiger partial charge in [-0.3, -0.25) is 4.79 Å². The Bertz CT molecular complexity index is 1060. The highest BCUT2D eigenvalue weighted by Gasteiger charge is 2.17. The van der Waals surface area contributed by atoms with E-state index in [1.54, 1.807) is 0 Å². The third-order valence-corrected chi connectivity index (χ3v) is 4.06. The lowest BCUT2D eigenvalue weighted by Gasteiger charge is -2.06. The van der Waals surface area contributed by atoms with Gasteiger partial charge in [-0.25, -0.2) is 4.98 Å². The van der Waals surface area contributed by atoms with Crippen molar-refractivity contribution in [3.05, 3.63) is 84.1 Å². The summed E-state index contributed by atoms with van der Waals surface area (Å²) in [5.41, 5.74) is 3.05. The van der Waals surface area contributed by atoms with E-state index < -0.39 is 0 Å². The largest absolute Gasteiger partial charge is 0.493 e. The number of nitrogens with one attached hydrogen (secondary N) is 1. The quantitative estimate of drug-likeness (QED) is 0.596. The van der Waals surface area contributed by atoms with Crippen LogP contribution in [-0.2, 0) is 6.54 Å². The van der Waals surface area contributed by atoms with Crippen molar-refractivity contribution in [3.63, 3.8) is 0 Å². The molecule has 4 aromatic rings. The van der Waals surface area contributed by atoms with Crippen molar-refractivity contribution in [2.24, 2.45) is 0 Å². The zero-order chi connectivity index (χ0) is 17.9. The monoisotopic (exact) mass is 344 g/mol. The van der Waals surface area contributed by atoms with Crippen molar-refractivity contribution in [2.45, 2.75) is 6.54 Å². The maximum atomic E-state index is 12.6. The van der Waals surface area contributed by atoms with Crippen LogP contribution in [0.1, 0.15) is 15.9 Å². The van der Waals surface area contributed by atoms with Crippen LogP contribution in [0.5, 0.6) is 5.88 Å². The van der Waals surface area contributed by atoms with Gasteiger partial charge in [-0.05, 0) is 5.56 Å². The molecular weight excluding hydrogens is 328 g/mol. The zero-order valence-corrected chi connectivity index (χ0v) is 13.8. The van der Waals surface area contributed by atoms with Crippen molar-refractivity contribution >= 4 is 11.6 Å². The van der Waals surface area contributed by atoms with Gasteiger partial charge in [-0.2, -0.15) is 9.61 Å². The van der Waals surface area contributed by atoms with E-state index in [0.717, 1.165) is 11.1 Å². The molecule has 0 bridgehead atoms. The SMILES string of the molecule is O=C(NCc1ccccc1)c1cnn2c(O)cc(-c3ccccc3)nc12. The van der Waals surface area contributed by atoms with E-state index in [4.69, 9.17) is 0 Å². The number of fused-ring (bicyclic) bond motifs is 1. The molecule has 2 N–H and O–H groups in total. The van der Waals surface area contributed by atoms with Crippen LogP contribution < -0.4 is 5.32 Å². The fourth-order valence-corrected chi connectivity index (χ4v) is 2.74. The van der Waals surface area contributed by atoms with E-state index in [1.807, 2.05) is 60.7 Å². The van der Waals surface area contributed by atoms with Gasteiger partial charge in [-0.15, -0.1) is 0 Å². The highest BCUT2D eigenvalue weighted by Crippen LogP contribution is 2.24. The summed E-state index contributed by atoms with van der Waals surface area (Å²) in [6.07, 6.45) is 1.41. The van der Waals surface area contributed by atoms with Gasteiger partial charge in [0.25, 0.3) is 5.91 Å². The minimum Gasteiger partial charge on any atom is -0.493 e. The first-order chi connectivity index (χ1) is 12.7. The van der Waals surface area contributed by atoms with E-state index in [9.17, 15) is 9.90 Å². The van der Waals surface area contributed by atoms with Gasteiger partial charge >= 0.3 is 0 Å². The van der Waals surface area contributed by atoms with Crippen molar-refractivity contribution in [2.75, 3.05) is 0 Å². The summed E-state index contributed by atoms with van der Waals surface area (Å²) in [6.45, 7) is 0.404. The molecule has 0 radical (unpaired) electrons. The summed E-state index contributed by atoms with van der Waals surface area (Å²) in [7, 11) is 0. The molecule has 26 heavy (non-hydrogen) atoms. The number of carbonyl (C=O) groups is 1. The molecular formula is C20H16N4O2. The first-order valence-electron chi connectivity index (χ1n) is 8.17. The van der Waals surface area contributed by atoms with Crippen molar-refractivity contribution < 1.29 is 9.90 Å². The Morgan fingerprint density at radius 3 is 2.46 bits per heavy atom. The van der Waals surface area contributed by atoms with E-state index in [2.05, 4.69) is 15.4 Å². The number of benzene rings is 2. The van der Waals surface area contributed by atoms with Gasteiger partial charge in [-0.1, -0.05) is 60.7 Å². The number of aromatic hydroxyl groups is 1. The fourth-order valence-electron chi connectivity index (χ4n) is 2.74. The number of aromatic nitrogens is 3. The van der Waals surface area contributed by atoms with E-state index in [0.29, 0.717) is 23.4 Å². The van der Waals surface area contributed by atoms with Crippen LogP contribution in [0.2, 0.25) is 0 Å². The number of hydrogen-bond acceptors (Lipinski definition) is 4. The number of amides is 1. The molecule has 2 aromatic carbocycles. The first-order valence-corrected chi connectivity index (χ1v) is 8.17. The minimum absolute atomic E-state index is 0.0732. The molecule has 4 rings (SSSR count). The Kier molecular flexibility index (Phi) is 4.07. The smallest absolute Gasteiger partial charge is 0.257 e. The number of carbonyl (C=O) groups excluding carboxylic acids is 1. The van der Waals surface area contributed by atoms with Gasteiger partial charge in [0.2, 0.25) is 5.88 Å². The molecule has 128 valence electrons. The molecule has 0 spiro atoms. The first kappa shape index (κ1) is 15.8. The molecule has 1 amide bonds. The average Bonchev–Trinajstić information content (AvgIpc) is 3.12. The summed E-state index contributed by atoms with van der Waals surface area (Å²) in [5.74, 6) is -0.364. The van der Waals surface area contributed by atoms with Crippen LogP contribution in [0.4, 0.5) is 0 Å².